The maximum Gasteiger partial charge on any atom is 0.307 e. The van der Waals surface area contributed by atoms with Gasteiger partial charge in [0.2, 0.25) is 0 Å². The van der Waals surface area contributed by atoms with Crippen LogP contribution >= 0.6 is 11.3 Å². The Morgan fingerprint density at radius 3 is 3.00 bits per heavy atom. The SMILES string of the molecule is CCOc1ccc2c(CC(=O)O)csc2c1. The molecule has 84 valence electrons. The Hall–Kier alpha value is -1.55. The molecule has 0 aliphatic rings. The lowest BCUT2D eigenvalue weighted by Crippen LogP contribution is -1.98. The number of aliphatic carboxylic acids is 1. The third kappa shape index (κ3) is 2.17. The molecule has 0 unspecified atom stereocenters. The van der Waals surface area contributed by atoms with Crippen LogP contribution < -0.4 is 4.74 Å². The largest absolute Gasteiger partial charge is 0.494 e. The summed E-state index contributed by atoms with van der Waals surface area (Å²) in [5, 5.41) is 11.7. The first-order chi connectivity index (χ1) is 7.70. The van der Waals surface area contributed by atoms with Gasteiger partial charge in [-0.25, -0.2) is 0 Å². The van der Waals surface area contributed by atoms with Gasteiger partial charge in [-0.2, -0.15) is 0 Å². The monoisotopic (exact) mass is 236 g/mol. The molecule has 0 aliphatic carbocycles. The number of carboxylic acids is 1. The van der Waals surface area contributed by atoms with Gasteiger partial charge in [0, 0.05) is 4.70 Å². The molecule has 2 rings (SSSR count). The molecule has 0 saturated carbocycles. The quantitative estimate of drug-likeness (QED) is 0.887. The van der Waals surface area contributed by atoms with Crippen LogP contribution in [0.25, 0.3) is 10.1 Å². The molecular weight excluding hydrogens is 224 g/mol. The zero-order valence-corrected chi connectivity index (χ0v) is 9.71. The van der Waals surface area contributed by atoms with Crippen LogP contribution in [0.2, 0.25) is 0 Å². The van der Waals surface area contributed by atoms with Gasteiger partial charge in [0.15, 0.2) is 0 Å². The minimum Gasteiger partial charge on any atom is -0.494 e. The summed E-state index contributed by atoms with van der Waals surface area (Å²) in [6.07, 6.45) is 0.0774. The molecule has 0 fully saturated rings. The molecule has 0 spiro atoms. The zero-order valence-electron chi connectivity index (χ0n) is 8.90. The summed E-state index contributed by atoms with van der Waals surface area (Å²) < 4.78 is 6.47. The molecule has 0 amide bonds. The van der Waals surface area contributed by atoms with Crippen molar-refractivity contribution in [3.05, 3.63) is 29.1 Å². The fourth-order valence-electron chi connectivity index (χ4n) is 1.62. The summed E-state index contributed by atoms with van der Waals surface area (Å²) in [4.78, 5) is 10.7. The van der Waals surface area contributed by atoms with Crippen molar-refractivity contribution in [2.75, 3.05) is 6.61 Å². The van der Waals surface area contributed by atoms with E-state index in [0.29, 0.717) is 6.61 Å². The average molecular weight is 236 g/mol. The standard InChI is InChI=1S/C12H12O3S/c1-2-15-9-3-4-10-8(5-12(13)14)7-16-11(10)6-9/h3-4,6-7H,2,5H2,1H3,(H,13,14). The highest BCUT2D eigenvalue weighted by Gasteiger charge is 2.08. The van der Waals surface area contributed by atoms with Crippen molar-refractivity contribution in [3.8, 4) is 5.75 Å². The van der Waals surface area contributed by atoms with Crippen LogP contribution in [0.1, 0.15) is 12.5 Å². The van der Waals surface area contributed by atoms with E-state index in [4.69, 9.17) is 9.84 Å². The molecule has 16 heavy (non-hydrogen) atoms. The molecule has 1 aromatic carbocycles. The molecule has 2 aromatic rings. The summed E-state index contributed by atoms with van der Waals surface area (Å²) in [5.41, 5.74) is 0.871. The van der Waals surface area contributed by atoms with Crippen LogP contribution in [0.4, 0.5) is 0 Å². The van der Waals surface area contributed by atoms with Crippen molar-refractivity contribution in [1.29, 1.82) is 0 Å². The normalized spacial score (nSPS) is 10.6. The molecule has 1 heterocycles. The lowest BCUT2D eigenvalue weighted by Gasteiger charge is -2.02. The summed E-state index contributed by atoms with van der Waals surface area (Å²) >= 11 is 1.55. The Kier molecular flexibility index (Phi) is 3.10. The number of ether oxygens (including phenoxy) is 1. The van der Waals surface area contributed by atoms with Gasteiger partial charge < -0.3 is 9.84 Å². The van der Waals surface area contributed by atoms with Gasteiger partial charge in [0.25, 0.3) is 0 Å². The third-order valence-electron chi connectivity index (χ3n) is 2.28. The highest BCUT2D eigenvalue weighted by atomic mass is 32.1. The number of hydrogen-bond donors (Lipinski definition) is 1. The van der Waals surface area contributed by atoms with Gasteiger partial charge in [-0.3, -0.25) is 4.79 Å². The zero-order chi connectivity index (χ0) is 11.5. The predicted octanol–water partition coefficient (Wildman–Crippen LogP) is 2.93. The van der Waals surface area contributed by atoms with E-state index in [-0.39, 0.29) is 6.42 Å². The molecule has 0 radical (unpaired) electrons. The average Bonchev–Trinajstić information content (AvgIpc) is 2.61. The predicted molar refractivity (Wildman–Crippen MR) is 64.3 cm³/mol. The smallest absolute Gasteiger partial charge is 0.307 e. The van der Waals surface area contributed by atoms with E-state index < -0.39 is 5.97 Å². The Labute approximate surface area is 97.3 Å². The van der Waals surface area contributed by atoms with Crippen LogP contribution in [-0.2, 0) is 11.2 Å². The van der Waals surface area contributed by atoms with Crippen molar-refractivity contribution in [1.82, 2.24) is 0 Å². The summed E-state index contributed by atoms with van der Waals surface area (Å²) in [6, 6.07) is 5.76. The summed E-state index contributed by atoms with van der Waals surface area (Å²) in [5.74, 6) is 0.0345. The first-order valence-electron chi connectivity index (χ1n) is 5.05. The van der Waals surface area contributed by atoms with Gasteiger partial charge in [-0.05, 0) is 41.5 Å². The van der Waals surface area contributed by atoms with Crippen molar-refractivity contribution in [2.45, 2.75) is 13.3 Å². The summed E-state index contributed by atoms with van der Waals surface area (Å²) in [7, 11) is 0. The van der Waals surface area contributed by atoms with Crippen LogP contribution in [0, 0.1) is 0 Å². The number of benzene rings is 1. The highest BCUT2D eigenvalue weighted by Crippen LogP contribution is 2.29. The van der Waals surface area contributed by atoms with Crippen molar-refractivity contribution in [3.63, 3.8) is 0 Å². The first kappa shape index (κ1) is 11.0. The Morgan fingerprint density at radius 2 is 2.31 bits per heavy atom. The second kappa shape index (κ2) is 4.53. The van der Waals surface area contributed by atoms with E-state index in [1.54, 1.807) is 11.3 Å². The van der Waals surface area contributed by atoms with E-state index in [0.717, 1.165) is 21.4 Å². The van der Waals surface area contributed by atoms with Crippen molar-refractivity contribution >= 4 is 27.4 Å². The van der Waals surface area contributed by atoms with E-state index in [9.17, 15) is 4.79 Å². The molecule has 3 nitrogen and oxygen atoms in total. The summed E-state index contributed by atoms with van der Waals surface area (Å²) in [6.45, 7) is 2.58. The Balaban J connectivity index is 2.38. The van der Waals surface area contributed by atoms with E-state index in [1.165, 1.54) is 0 Å². The van der Waals surface area contributed by atoms with Crippen molar-refractivity contribution in [2.24, 2.45) is 0 Å². The number of carboxylic acid groups (broad SMARTS) is 1. The van der Waals surface area contributed by atoms with Gasteiger partial charge in [0.05, 0.1) is 13.0 Å². The lowest BCUT2D eigenvalue weighted by molar-refractivity contribution is -0.136. The molecular formula is C12H12O3S. The third-order valence-corrected chi connectivity index (χ3v) is 3.27. The highest BCUT2D eigenvalue weighted by molar-refractivity contribution is 7.17. The molecule has 0 aliphatic heterocycles. The lowest BCUT2D eigenvalue weighted by atomic mass is 10.1. The van der Waals surface area contributed by atoms with Crippen molar-refractivity contribution < 1.29 is 14.6 Å². The van der Waals surface area contributed by atoms with Gasteiger partial charge in [0.1, 0.15) is 5.75 Å². The number of fused-ring (bicyclic) bond motifs is 1. The van der Waals surface area contributed by atoms with Crippen LogP contribution in [0.5, 0.6) is 5.75 Å². The van der Waals surface area contributed by atoms with E-state index in [1.807, 2.05) is 30.5 Å². The molecule has 4 heteroatoms. The van der Waals surface area contributed by atoms with Crippen LogP contribution in [-0.4, -0.2) is 17.7 Å². The van der Waals surface area contributed by atoms with Gasteiger partial charge >= 0.3 is 5.97 Å². The topological polar surface area (TPSA) is 46.5 Å². The first-order valence-corrected chi connectivity index (χ1v) is 5.93. The minimum absolute atomic E-state index is 0.0774. The Bertz CT molecular complexity index is 516. The molecule has 0 atom stereocenters. The van der Waals surface area contributed by atoms with Gasteiger partial charge in [-0.15, -0.1) is 11.3 Å². The number of rotatable bonds is 4. The van der Waals surface area contributed by atoms with E-state index in [2.05, 4.69) is 0 Å². The maximum absolute atomic E-state index is 10.7. The second-order valence-corrected chi connectivity index (χ2v) is 4.33. The second-order valence-electron chi connectivity index (χ2n) is 3.42. The van der Waals surface area contributed by atoms with Crippen LogP contribution in [0.15, 0.2) is 23.6 Å². The fraction of sp³-hybridized carbons (Fsp3) is 0.250. The Morgan fingerprint density at radius 1 is 1.50 bits per heavy atom. The van der Waals surface area contributed by atoms with Gasteiger partial charge in [-0.1, -0.05) is 0 Å². The minimum atomic E-state index is -0.798. The van der Waals surface area contributed by atoms with E-state index >= 15 is 0 Å². The molecule has 1 aromatic heterocycles. The fourth-order valence-corrected chi connectivity index (χ4v) is 2.61. The van der Waals surface area contributed by atoms with Crippen LogP contribution in [0.3, 0.4) is 0 Å². The molecule has 1 N–H and O–H groups in total. The number of carbonyl (C=O) groups is 1. The molecule has 0 saturated heterocycles. The number of hydrogen-bond acceptors (Lipinski definition) is 3. The molecule has 0 bridgehead atoms. The number of thiophene rings is 1. The maximum atomic E-state index is 10.7.